The Morgan fingerprint density at radius 1 is 1.19 bits per heavy atom. The predicted octanol–water partition coefficient (Wildman–Crippen LogP) is 3.15. The summed E-state index contributed by atoms with van der Waals surface area (Å²) in [5.74, 6) is -0.180. The van der Waals surface area contributed by atoms with Gasteiger partial charge in [-0.25, -0.2) is 4.39 Å². The van der Waals surface area contributed by atoms with Crippen LogP contribution in [0.15, 0.2) is 24.3 Å². The number of aromatic amines is 1. The Hall–Kier alpha value is -1.35. The molecule has 1 aromatic heterocycles. The van der Waals surface area contributed by atoms with Gasteiger partial charge in [-0.15, -0.1) is 0 Å². The molecule has 0 fully saturated rings. The Kier molecular flexibility index (Phi) is 3.25. The van der Waals surface area contributed by atoms with Crippen molar-refractivity contribution in [3.05, 3.63) is 35.8 Å². The largest absolute Gasteiger partial charge is 0.357 e. The summed E-state index contributed by atoms with van der Waals surface area (Å²) in [4.78, 5) is 5.63. The first kappa shape index (κ1) is 11.1. The van der Waals surface area contributed by atoms with E-state index in [-0.39, 0.29) is 5.82 Å². The molecule has 0 bridgehead atoms. The van der Waals surface area contributed by atoms with Gasteiger partial charge in [-0.1, -0.05) is 13.8 Å². The minimum atomic E-state index is -0.180. The quantitative estimate of drug-likeness (QED) is 0.838. The van der Waals surface area contributed by atoms with E-state index in [9.17, 15) is 4.39 Å². The highest BCUT2D eigenvalue weighted by Gasteiger charge is 2.05. The van der Waals surface area contributed by atoms with Gasteiger partial charge in [0.05, 0.1) is 0 Å². The molecule has 0 atom stereocenters. The summed E-state index contributed by atoms with van der Waals surface area (Å²) in [5, 5.41) is 0.946. The van der Waals surface area contributed by atoms with Gasteiger partial charge in [0.1, 0.15) is 5.82 Å². The number of rotatable bonds is 4. The van der Waals surface area contributed by atoms with Gasteiger partial charge >= 0.3 is 0 Å². The summed E-state index contributed by atoms with van der Waals surface area (Å²) in [6.45, 7) is 7.24. The number of nitrogens with zero attached hydrogens (tertiary/aromatic N) is 1. The van der Waals surface area contributed by atoms with Crippen LogP contribution in [-0.2, 0) is 6.54 Å². The molecule has 0 aliphatic rings. The van der Waals surface area contributed by atoms with Crippen LogP contribution in [0.25, 0.3) is 10.9 Å². The van der Waals surface area contributed by atoms with E-state index >= 15 is 0 Å². The third-order valence-electron chi connectivity index (χ3n) is 2.93. The van der Waals surface area contributed by atoms with E-state index in [1.807, 2.05) is 6.07 Å². The first-order valence-corrected chi connectivity index (χ1v) is 5.72. The summed E-state index contributed by atoms with van der Waals surface area (Å²) in [5.41, 5.74) is 2.15. The average Bonchev–Trinajstić information content (AvgIpc) is 2.67. The van der Waals surface area contributed by atoms with E-state index in [4.69, 9.17) is 0 Å². The summed E-state index contributed by atoms with van der Waals surface area (Å²) in [6, 6.07) is 6.87. The monoisotopic (exact) mass is 220 g/mol. The Balaban J connectivity index is 2.25. The number of hydrogen-bond donors (Lipinski definition) is 1. The van der Waals surface area contributed by atoms with Gasteiger partial charge in [0.15, 0.2) is 0 Å². The van der Waals surface area contributed by atoms with Crippen molar-refractivity contribution in [2.75, 3.05) is 13.1 Å². The predicted molar refractivity (Wildman–Crippen MR) is 64.9 cm³/mol. The van der Waals surface area contributed by atoms with E-state index in [1.165, 1.54) is 6.07 Å². The lowest BCUT2D eigenvalue weighted by Gasteiger charge is -2.16. The van der Waals surface area contributed by atoms with Crippen LogP contribution in [0.5, 0.6) is 0 Å². The lowest BCUT2D eigenvalue weighted by molar-refractivity contribution is 0.293. The van der Waals surface area contributed by atoms with Crippen molar-refractivity contribution < 1.29 is 4.39 Å². The molecule has 0 aliphatic carbocycles. The number of fused-ring (bicyclic) bond motifs is 1. The highest BCUT2D eigenvalue weighted by atomic mass is 19.1. The van der Waals surface area contributed by atoms with E-state index in [2.05, 4.69) is 23.7 Å². The molecule has 1 aromatic carbocycles. The van der Waals surface area contributed by atoms with Gasteiger partial charge in [0, 0.05) is 23.1 Å². The van der Waals surface area contributed by atoms with Crippen LogP contribution in [0.3, 0.4) is 0 Å². The molecule has 1 N–H and O–H groups in total. The van der Waals surface area contributed by atoms with Gasteiger partial charge in [-0.2, -0.15) is 0 Å². The smallest absolute Gasteiger partial charge is 0.123 e. The zero-order valence-electron chi connectivity index (χ0n) is 9.76. The van der Waals surface area contributed by atoms with Crippen LogP contribution >= 0.6 is 0 Å². The minimum Gasteiger partial charge on any atom is -0.357 e. The fraction of sp³-hybridized carbons (Fsp3) is 0.385. The minimum absolute atomic E-state index is 0.180. The third-order valence-corrected chi connectivity index (χ3v) is 2.93. The van der Waals surface area contributed by atoms with Crippen molar-refractivity contribution in [2.45, 2.75) is 20.4 Å². The van der Waals surface area contributed by atoms with Crippen LogP contribution in [0.4, 0.5) is 4.39 Å². The fourth-order valence-electron chi connectivity index (χ4n) is 1.94. The van der Waals surface area contributed by atoms with Crippen molar-refractivity contribution in [1.82, 2.24) is 9.88 Å². The Labute approximate surface area is 95.1 Å². The lowest BCUT2D eigenvalue weighted by atomic mass is 10.2. The van der Waals surface area contributed by atoms with Gasteiger partial charge in [0.2, 0.25) is 0 Å². The molecule has 2 rings (SSSR count). The third kappa shape index (κ3) is 2.25. The van der Waals surface area contributed by atoms with E-state index < -0.39 is 0 Å². The molecule has 2 nitrogen and oxygen atoms in total. The van der Waals surface area contributed by atoms with Gasteiger partial charge in [-0.05, 0) is 37.4 Å². The van der Waals surface area contributed by atoms with Crippen LogP contribution < -0.4 is 0 Å². The van der Waals surface area contributed by atoms with Gasteiger partial charge in [-0.3, -0.25) is 4.90 Å². The molecule has 0 aliphatic heterocycles. The number of nitrogens with one attached hydrogen (secondary N) is 1. The molecule has 0 saturated carbocycles. The SMILES string of the molecule is CCN(CC)Cc1cc2cc(F)ccc2[nH]1. The van der Waals surface area contributed by atoms with Crippen LogP contribution in [0.2, 0.25) is 0 Å². The fourth-order valence-corrected chi connectivity index (χ4v) is 1.94. The Morgan fingerprint density at radius 3 is 2.62 bits per heavy atom. The molecule has 86 valence electrons. The molecule has 0 amide bonds. The number of benzene rings is 1. The summed E-state index contributed by atoms with van der Waals surface area (Å²) in [7, 11) is 0. The maximum absolute atomic E-state index is 13.0. The van der Waals surface area contributed by atoms with Crippen LogP contribution in [0, 0.1) is 5.82 Å². The van der Waals surface area contributed by atoms with E-state index in [1.54, 1.807) is 12.1 Å². The molecule has 1 heterocycles. The van der Waals surface area contributed by atoms with Crippen molar-refractivity contribution in [3.8, 4) is 0 Å². The maximum atomic E-state index is 13.0. The Morgan fingerprint density at radius 2 is 1.94 bits per heavy atom. The number of hydrogen-bond acceptors (Lipinski definition) is 1. The zero-order chi connectivity index (χ0) is 11.5. The average molecular weight is 220 g/mol. The van der Waals surface area contributed by atoms with Crippen molar-refractivity contribution in [2.24, 2.45) is 0 Å². The molecule has 3 heteroatoms. The maximum Gasteiger partial charge on any atom is 0.123 e. The Bertz CT molecular complexity index is 472. The molecule has 0 radical (unpaired) electrons. The first-order valence-electron chi connectivity index (χ1n) is 5.72. The van der Waals surface area contributed by atoms with Crippen LogP contribution in [0.1, 0.15) is 19.5 Å². The molecule has 0 saturated heterocycles. The normalized spacial score (nSPS) is 11.5. The number of halogens is 1. The molecule has 16 heavy (non-hydrogen) atoms. The van der Waals surface area contributed by atoms with Crippen molar-refractivity contribution in [1.29, 1.82) is 0 Å². The second-order valence-electron chi connectivity index (χ2n) is 3.99. The number of aromatic nitrogens is 1. The van der Waals surface area contributed by atoms with Crippen molar-refractivity contribution >= 4 is 10.9 Å². The first-order chi connectivity index (χ1) is 7.72. The van der Waals surface area contributed by atoms with Crippen LogP contribution in [-0.4, -0.2) is 23.0 Å². The second-order valence-corrected chi connectivity index (χ2v) is 3.99. The van der Waals surface area contributed by atoms with Gasteiger partial charge < -0.3 is 4.98 Å². The van der Waals surface area contributed by atoms with E-state index in [0.717, 1.165) is 36.2 Å². The molecule has 2 aromatic rings. The summed E-state index contributed by atoms with van der Waals surface area (Å²) >= 11 is 0. The molecule has 0 unspecified atom stereocenters. The molecular weight excluding hydrogens is 203 g/mol. The summed E-state index contributed by atoms with van der Waals surface area (Å²) in [6.07, 6.45) is 0. The highest BCUT2D eigenvalue weighted by Crippen LogP contribution is 2.17. The number of H-pyrrole nitrogens is 1. The summed E-state index contributed by atoms with van der Waals surface area (Å²) < 4.78 is 13.0. The van der Waals surface area contributed by atoms with Gasteiger partial charge in [0.25, 0.3) is 0 Å². The second kappa shape index (κ2) is 4.66. The highest BCUT2D eigenvalue weighted by molar-refractivity contribution is 5.80. The standard InChI is InChI=1S/C13H17FN2/c1-3-16(4-2)9-12-8-10-7-11(14)5-6-13(10)15-12/h5-8,15H,3-4,9H2,1-2H3. The lowest BCUT2D eigenvalue weighted by Crippen LogP contribution is -2.22. The topological polar surface area (TPSA) is 19.0 Å². The zero-order valence-corrected chi connectivity index (χ0v) is 9.76. The van der Waals surface area contributed by atoms with E-state index in [0.29, 0.717) is 0 Å². The van der Waals surface area contributed by atoms with Crippen molar-refractivity contribution in [3.63, 3.8) is 0 Å². The molecular formula is C13H17FN2. The molecule has 0 spiro atoms.